The van der Waals surface area contributed by atoms with Gasteiger partial charge in [0.25, 0.3) is 5.69 Å². The SMILES string of the molecule is COc1ccc(CN2C(=O)CC[C@H]2CN)cc1-c1cccc([N+](=O)[O-])c1. The van der Waals surface area contributed by atoms with E-state index >= 15 is 0 Å². The monoisotopic (exact) mass is 355 g/mol. The summed E-state index contributed by atoms with van der Waals surface area (Å²) in [7, 11) is 1.56. The van der Waals surface area contributed by atoms with Crippen molar-refractivity contribution < 1.29 is 14.5 Å². The Hall–Kier alpha value is -2.93. The molecule has 1 saturated heterocycles. The fourth-order valence-corrected chi connectivity index (χ4v) is 3.32. The van der Waals surface area contributed by atoms with Crippen molar-refractivity contribution in [3.05, 3.63) is 58.1 Å². The third-order valence-electron chi connectivity index (χ3n) is 4.71. The van der Waals surface area contributed by atoms with Gasteiger partial charge in [0, 0.05) is 43.2 Å². The van der Waals surface area contributed by atoms with Crippen LogP contribution in [0.5, 0.6) is 5.75 Å². The van der Waals surface area contributed by atoms with Gasteiger partial charge in [-0.25, -0.2) is 0 Å². The molecule has 0 aromatic heterocycles. The van der Waals surface area contributed by atoms with Crippen LogP contribution in [0, 0.1) is 10.1 Å². The second-order valence-corrected chi connectivity index (χ2v) is 6.29. The van der Waals surface area contributed by atoms with Crippen LogP contribution in [-0.4, -0.2) is 35.4 Å². The minimum Gasteiger partial charge on any atom is -0.496 e. The van der Waals surface area contributed by atoms with E-state index in [1.54, 1.807) is 24.1 Å². The van der Waals surface area contributed by atoms with Gasteiger partial charge >= 0.3 is 0 Å². The predicted molar refractivity (Wildman–Crippen MR) is 97.7 cm³/mol. The van der Waals surface area contributed by atoms with E-state index in [1.165, 1.54) is 12.1 Å². The fourth-order valence-electron chi connectivity index (χ4n) is 3.32. The van der Waals surface area contributed by atoms with Crippen molar-refractivity contribution in [2.75, 3.05) is 13.7 Å². The van der Waals surface area contributed by atoms with Gasteiger partial charge in [-0.1, -0.05) is 18.2 Å². The summed E-state index contributed by atoms with van der Waals surface area (Å²) >= 11 is 0. The molecule has 2 aromatic carbocycles. The largest absolute Gasteiger partial charge is 0.496 e. The van der Waals surface area contributed by atoms with Gasteiger partial charge in [0.2, 0.25) is 5.91 Å². The summed E-state index contributed by atoms with van der Waals surface area (Å²) < 4.78 is 5.42. The molecule has 26 heavy (non-hydrogen) atoms. The van der Waals surface area contributed by atoms with E-state index in [4.69, 9.17) is 10.5 Å². The molecular formula is C19H21N3O4. The van der Waals surface area contributed by atoms with Crippen LogP contribution in [0.2, 0.25) is 0 Å². The van der Waals surface area contributed by atoms with Gasteiger partial charge in [-0.2, -0.15) is 0 Å². The number of nitro groups is 1. The molecule has 2 N–H and O–H groups in total. The van der Waals surface area contributed by atoms with Crippen LogP contribution >= 0.6 is 0 Å². The molecular weight excluding hydrogens is 334 g/mol. The standard InChI is InChI=1S/C19H21N3O4/c1-26-18-7-5-13(12-21-16(11-20)6-8-19(21)23)9-17(18)14-3-2-4-15(10-14)22(24)25/h2-5,7,9-10,16H,6,8,11-12,20H2,1H3/t16-/m0/s1. The predicted octanol–water partition coefficient (Wildman–Crippen LogP) is 2.72. The summed E-state index contributed by atoms with van der Waals surface area (Å²) in [5, 5.41) is 11.1. The number of hydrogen-bond donors (Lipinski definition) is 1. The van der Waals surface area contributed by atoms with Gasteiger partial charge in [0.15, 0.2) is 0 Å². The molecule has 7 heteroatoms. The lowest BCUT2D eigenvalue weighted by Crippen LogP contribution is -2.37. The number of hydrogen-bond acceptors (Lipinski definition) is 5. The molecule has 3 rings (SSSR count). The second kappa shape index (κ2) is 7.53. The molecule has 0 aliphatic carbocycles. The van der Waals surface area contributed by atoms with Gasteiger partial charge < -0.3 is 15.4 Å². The molecule has 7 nitrogen and oxygen atoms in total. The first kappa shape index (κ1) is 17.9. The van der Waals surface area contributed by atoms with E-state index in [2.05, 4.69) is 0 Å². The molecule has 1 fully saturated rings. The lowest BCUT2D eigenvalue weighted by Gasteiger charge is -2.24. The first-order chi connectivity index (χ1) is 12.5. The number of benzene rings is 2. The van der Waals surface area contributed by atoms with Crippen molar-refractivity contribution in [2.24, 2.45) is 5.73 Å². The zero-order valence-electron chi connectivity index (χ0n) is 14.6. The molecule has 0 bridgehead atoms. The number of rotatable bonds is 6. The number of likely N-dealkylation sites (tertiary alicyclic amines) is 1. The highest BCUT2D eigenvalue weighted by atomic mass is 16.6. The van der Waals surface area contributed by atoms with Gasteiger partial charge in [0.1, 0.15) is 5.75 Å². The van der Waals surface area contributed by atoms with Crippen LogP contribution in [0.1, 0.15) is 18.4 Å². The van der Waals surface area contributed by atoms with E-state index in [-0.39, 0.29) is 17.6 Å². The number of carbonyl (C=O) groups is 1. The zero-order valence-corrected chi connectivity index (χ0v) is 14.6. The van der Waals surface area contributed by atoms with Crippen molar-refractivity contribution in [1.82, 2.24) is 4.90 Å². The van der Waals surface area contributed by atoms with E-state index in [0.29, 0.717) is 30.8 Å². The fraction of sp³-hybridized carbons (Fsp3) is 0.316. The maximum atomic E-state index is 12.1. The average Bonchev–Trinajstić information content (AvgIpc) is 3.01. The van der Waals surface area contributed by atoms with Gasteiger partial charge in [0.05, 0.1) is 12.0 Å². The Kier molecular flexibility index (Phi) is 5.18. The maximum absolute atomic E-state index is 12.1. The normalized spacial score (nSPS) is 16.8. The first-order valence-electron chi connectivity index (χ1n) is 8.44. The highest BCUT2D eigenvalue weighted by molar-refractivity contribution is 5.79. The highest BCUT2D eigenvalue weighted by Gasteiger charge is 2.29. The summed E-state index contributed by atoms with van der Waals surface area (Å²) in [6.07, 6.45) is 1.30. The number of methoxy groups -OCH3 is 1. The van der Waals surface area contributed by atoms with E-state index < -0.39 is 4.92 Å². The first-order valence-corrected chi connectivity index (χ1v) is 8.44. The van der Waals surface area contributed by atoms with E-state index in [0.717, 1.165) is 17.5 Å². The lowest BCUT2D eigenvalue weighted by atomic mass is 10.0. The summed E-state index contributed by atoms with van der Waals surface area (Å²) in [5.74, 6) is 0.727. The Morgan fingerprint density at radius 1 is 1.31 bits per heavy atom. The molecule has 0 saturated carbocycles. The molecule has 1 aliphatic heterocycles. The number of ether oxygens (including phenoxy) is 1. The molecule has 1 atom stereocenters. The van der Waals surface area contributed by atoms with Gasteiger partial charge in [-0.05, 0) is 29.7 Å². The summed E-state index contributed by atoms with van der Waals surface area (Å²) in [6.45, 7) is 0.909. The minimum atomic E-state index is -0.422. The Morgan fingerprint density at radius 2 is 2.12 bits per heavy atom. The van der Waals surface area contributed by atoms with Crippen molar-refractivity contribution in [1.29, 1.82) is 0 Å². The number of carbonyl (C=O) groups excluding carboxylic acids is 1. The third-order valence-corrected chi connectivity index (χ3v) is 4.71. The lowest BCUT2D eigenvalue weighted by molar-refractivity contribution is -0.384. The smallest absolute Gasteiger partial charge is 0.270 e. The number of nitrogens with zero attached hydrogens (tertiary/aromatic N) is 2. The van der Waals surface area contributed by atoms with Gasteiger partial charge in [-0.3, -0.25) is 14.9 Å². The number of nitrogens with two attached hydrogens (primary N) is 1. The van der Waals surface area contributed by atoms with Gasteiger partial charge in [-0.15, -0.1) is 0 Å². The Labute approximate surface area is 151 Å². The van der Waals surface area contributed by atoms with Crippen molar-refractivity contribution in [2.45, 2.75) is 25.4 Å². The van der Waals surface area contributed by atoms with Crippen LogP contribution in [0.25, 0.3) is 11.1 Å². The highest BCUT2D eigenvalue weighted by Crippen LogP contribution is 2.33. The maximum Gasteiger partial charge on any atom is 0.270 e. The van der Waals surface area contributed by atoms with E-state index in [9.17, 15) is 14.9 Å². The molecule has 0 radical (unpaired) electrons. The Morgan fingerprint density at radius 3 is 2.81 bits per heavy atom. The van der Waals surface area contributed by atoms with Crippen LogP contribution < -0.4 is 10.5 Å². The van der Waals surface area contributed by atoms with E-state index in [1.807, 2.05) is 18.2 Å². The number of nitro benzene ring substituents is 1. The Balaban J connectivity index is 1.95. The quantitative estimate of drug-likeness (QED) is 0.634. The minimum absolute atomic E-state index is 0.0212. The topological polar surface area (TPSA) is 98.7 Å². The van der Waals surface area contributed by atoms with Crippen LogP contribution in [-0.2, 0) is 11.3 Å². The summed E-state index contributed by atoms with van der Waals surface area (Å²) in [6, 6.07) is 12.1. The van der Waals surface area contributed by atoms with Crippen LogP contribution in [0.4, 0.5) is 5.69 Å². The second-order valence-electron chi connectivity index (χ2n) is 6.29. The zero-order chi connectivity index (χ0) is 18.7. The van der Waals surface area contributed by atoms with Crippen LogP contribution in [0.15, 0.2) is 42.5 Å². The average molecular weight is 355 g/mol. The molecule has 1 amide bonds. The number of amides is 1. The molecule has 0 unspecified atom stereocenters. The molecule has 0 spiro atoms. The molecule has 2 aromatic rings. The van der Waals surface area contributed by atoms with Crippen LogP contribution in [0.3, 0.4) is 0 Å². The van der Waals surface area contributed by atoms with Crippen molar-refractivity contribution in [3.63, 3.8) is 0 Å². The summed E-state index contributed by atoms with van der Waals surface area (Å²) in [5.41, 5.74) is 8.18. The molecule has 1 heterocycles. The molecule has 136 valence electrons. The van der Waals surface area contributed by atoms with Crippen molar-refractivity contribution in [3.8, 4) is 16.9 Å². The van der Waals surface area contributed by atoms with Crippen molar-refractivity contribution >= 4 is 11.6 Å². The summed E-state index contributed by atoms with van der Waals surface area (Å²) in [4.78, 5) is 24.6. The number of non-ortho nitro benzene ring substituents is 1. The third kappa shape index (κ3) is 3.52. The molecule has 1 aliphatic rings. The Bertz CT molecular complexity index is 837.